The number of nitrogens with zero attached hydrogens (tertiary/aromatic N) is 1. The van der Waals surface area contributed by atoms with Gasteiger partial charge >= 0.3 is 0 Å². The molecule has 1 aromatic rings. The number of hydrogen-bond donors (Lipinski definition) is 1. The lowest BCUT2D eigenvalue weighted by molar-refractivity contribution is -0.385. The number of carbonyl (C=O) groups is 1. The normalized spacial score (nSPS) is 12.2. The Labute approximate surface area is 122 Å². The van der Waals surface area contributed by atoms with Crippen molar-refractivity contribution >= 4 is 23.2 Å². The van der Waals surface area contributed by atoms with Crippen molar-refractivity contribution in [1.29, 1.82) is 0 Å². The maximum atomic E-state index is 12.1. The Bertz CT molecular complexity index is 505. The molecule has 0 spiro atoms. The molecule has 0 fully saturated rings. The molecule has 0 bridgehead atoms. The van der Waals surface area contributed by atoms with Gasteiger partial charge in [0.05, 0.1) is 16.0 Å². The number of ether oxygens (including phenoxy) is 1. The van der Waals surface area contributed by atoms with Crippen LogP contribution in [0.2, 0.25) is 5.02 Å². The molecule has 0 aliphatic heterocycles. The highest BCUT2D eigenvalue weighted by molar-refractivity contribution is 6.34. The maximum absolute atomic E-state index is 12.1. The molecule has 0 heterocycles. The third kappa shape index (κ3) is 3.91. The van der Waals surface area contributed by atoms with E-state index in [4.69, 9.17) is 16.3 Å². The number of carbonyl (C=O) groups excluding carboxylic acids is 1. The number of nitro benzene ring substituents is 1. The van der Waals surface area contributed by atoms with Crippen molar-refractivity contribution in [2.24, 2.45) is 5.92 Å². The summed E-state index contributed by atoms with van der Waals surface area (Å²) >= 11 is 5.88. The fourth-order valence-electron chi connectivity index (χ4n) is 1.76. The molecule has 1 rings (SSSR count). The van der Waals surface area contributed by atoms with Gasteiger partial charge < -0.3 is 10.1 Å². The van der Waals surface area contributed by atoms with Gasteiger partial charge in [-0.1, -0.05) is 31.5 Å². The van der Waals surface area contributed by atoms with E-state index in [0.717, 1.165) is 0 Å². The van der Waals surface area contributed by atoms with Crippen molar-refractivity contribution in [3.63, 3.8) is 0 Å². The average molecular weight is 301 g/mol. The Balaban J connectivity index is 2.90. The van der Waals surface area contributed by atoms with Crippen LogP contribution in [0.5, 0.6) is 0 Å². The minimum Gasteiger partial charge on any atom is -0.379 e. The van der Waals surface area contributed by atoms with Gasteiger partial charge in [-0.2, -0.15) is 0 Å². The van der Waals surface area contributed by atoms with E-state index in [-0.39, 0.29) is 34.8 Å². The number of nitrogens with one attached hydrogen (secondary N) is 1. The van der Waals surface area contributed by atoms with Crippen LogP contribution < -0.4 is 5.32 Å². The predicted octanol–water partition coefficient (Wildman–Crippen LogP) is 2.65. The quantitative estimate of drug-likeness (QED) is 0.647. The van der Waals surface area contributed by atoms with Gasteiger partial charge in [-0.05, 0) is 12.0 Å². The predicted molar refractivity (Wildman–Crippen MR) is 76.1 cm³/mol. The number of nitro groups is 1. The van der Waals surface area contributed by atoms with E-state index >= 15 is 0 Å². The molecular formula is C13H17ClN2O4. The van der Waals surface area contributed by atoms with E-state index in [1.165, 1.54) is 18.2 Å². The molecular weight excluding hydrogens is 284 g/mol. The van der Waals surface area contributed by atoms with Crippen LogP contribution in [0.1, 0.15) is 24.2 Å². The Morgan fingerprint density at radius 1 is 1.50 bits per heavy atom. The number of benzene rings is 1. The van der Waals surface area contributed by atoms with E-state index < -0.39 is 10.8 Å². The summed E-state index contributed by atoms with van der Waals surface area (Å²) in [6.07, 6.45) is -0.166. The van der Waals surface area contributed by atoms with Gasteiger partial charge in [0.2, 0.25) is 0 Å². The fraction of sp³-hybridized carbons (Fsp3) is 0.462. The Morgan fingerprint density at radius 2 is 2.15 bits per heavy atom. The van der Waals surface area contributed by atoms with Crippen molar-refractivity contribution in [3.05, 3.63) is 38.9 Å². The van der Waals surface area contributed by atoms with Crippen LogP contribution in [0.4, 0.5) is 5.69 Å². The summed E-state index contributed by atoms with van der Waals surface area (Å²) in [4.78, 5) is 22.4. The Hall–Kier alpha value is -1.66. The van der Waals surface area contributed by atoms with Gasteiger partial charge in [0.25, 0.3) is 11.6 Å². The first-order valence-electron chi connectivity index (χ1n) is 6.12. The monoisotopic (exact) mass is 300 g/mol. The summed E-state index contributed by atoms with van der Waals surface area (Å²) in [5.74, 6) is -0.369. The zero-order valence-corrected chi connectivity index (χ0v) is 12.3. The largest absolute Gasteiger partial charge is 0.379 e. The van der Waals surface area contributed by atoms with E-state index in [1.807, 2.05) is 13.8 Å². The molecule has 20 heavy (non-hydrogen) atoms. The van der Waals surface area contributed by atoms with Gasteiger partial charge in [-0.25, -0.2) is 0 Å². The van der Waals surface area contributed by atoms with E-state index in [2.05, 4.69) is 5.32 Å². The van der Waals surface area contributed by atoms with Gasteiger partial charge in [0.15, 0.2) is 0 Å². The second kappa shape index (κ2) is 7.21. The van der Waals surface area contributed by atoms with Gasteiger partial charge in [0, 0.05) is 19.7 Å². The summed E-state index contributed by atoms with van der Waals surface area (Å²) in [6.45, 7) is 4.17. The third-order valence-corrected chi connectivity index (χ3v) is 3.24. The minimum atomic E-state index is -0.628. The highest BCUT2D eigenvalue weighted by atomic mass is 35.5. The molecule has 6 nitrogen and oxygen atoms in total. The topological polar surface area (TPSA) is 81.5 Å². The molecule has 110 valence electrons. The van der Waals surface area contributed by atoms with Crippen molar-refractivity contribution < 1.29 is 14.5 Å². The maximum Gasteiger partial charge on any atom is 0.283 e. The Morgan fingerprint density at radius 3 is 2.65 bits per heavy atom. The van der Waals surface area contributed by atoms with Crippen LogP contribution >= 0.6 is 11.6 Å². The van der Waals surface area contributed by atoms with Crippen LogP contribution in [-0.2, 0) is 4.74 Å². The van der Waals surface area contributed by atoms with Gasteiger partial charge in [-0.3, -0.25) is 14.9 Å². The van der Waals surface area contributed by atoms with Crippen molar-refractivity contribution in [2.45, 2.75) is 20.0 Å². The molecule has 0 aromatic heterocycles. The van der Waals surface area contributed by atoms with Crippen LogP contribution in [0.15, 0.2) is 18.2 Å². The summed E-state index contributed by atoms with van der Waals surface area (Å²) in [6, 6.07) is 4.13. The molecule has 1 aromatic carbocycles. The summed E-state index contributed by atoms with van der Waals surface area (Å²) < 4.78 is 5.22. The molecule has 0 aliphatic rings. The van der Waals surface area contributed by atoms with Gasteiger partial charge in [0.1, 0.15) is 5.56 Å². The van der Waals surface area contributed by atoms with Gasteiger partial charge in [-0.15, -0.1) is 0 Å². The van der Waals surface area contributed by atoms with Crippen LogP contribution in [0.25, 0.3) is 0 Å². The van der Waals surface area contributed by atoms with E-state index in [0.29, 0.717) is 0 Å². The number of methoxy groups -OCH3 is 1. The molecule has 0 saturated heterocycles. The molecule has 7 heteroatoms. The molecule has 1 N–H and O–H groups in total. The molecule has 0 unspecified atom stereocenters. The zero-order valence-electron chi connectivity index (χ0n) is 11.6. The second-order valence-corrected chi connectivity index (χ2v) is 5.03. The average Bonchev–Trinajstić information content (AvgIpc) is 2.38. The van der Waals surface area contributed by atoms with Crippen LogP contribution in [0.3, 0.4) is 0 Å². The Kier molecular flexibility index (Phi) is 5.91. The number of hydrogen-bond acceptors (Lipinski definition) is 4. The number of halogens is 1. The first-order chi connectivity index (χ1) is 9.38. The smallest absolute Gasteiger partial charge is 0.283 e. The number of amides is 1. The lowest BCUT2D eigenvalue weighted by atomic mass is 10.1. The van der Waals surface area contributed by atoms with Crippen molar-refractivity contribution in [1.82, 2.24) is 5.32 Å². The number of rotatable bonds is 6. The first kappa shape index (κ1) is 16.4. The SMILES string of the molecule is CO[C@@H](CNC(=O)c1c(Cl)cccc1[N+](=O)[O-])C(C)C. The van der Waals surface area contributed by atoms with Crippen molar-refractivity contribution in [3.8, 4) is 0 Å². The van der Waals surface area contributed by atoms with Crippen molar-refractivity contribution in [2.75, 3.05) is 13.7 Å². The van der Waals surface area contributed by atoms with E-state index in [1.54, 1.807) is 7.11 Å². The highest BCUT2D eigenvalue weighted by Gasteiger charge is 2.24. The van der Waals surface area contributed by atoms with E-state index in [9.17, 15) is 14.9 Å². The molecule has 1 atom stereocenters. The molecule has 0 saturated carbocycles. The molecule has 1 amide bonds. The second-order valence-electron chi connectivity index (χ2n) is 4.62. The van der Waals surface area contributed by atoms with Crippen LogP contribution in [0, 0.1) is 16.0 Å². The standard InChI is InChI=1S/C13H17ClN2O4/c1-8(2)11(20-3)7-15-13(17)12-9(14)5-4-6-10(12)16(18)19/h4-6,8,11H,7H2,1-3H3,(H,15,17)/t11-/m0/s1. The molecule has 0 radical (unpaired) electrons. The van der Waals surface area contributed by atoms with Crippen LogP contribution in [-0.4, -0.2) is 30.6 Å². The molecule has 0 aliphatic carbocycles. The summed E-state index contributed by atoms with van der Waals surface area (Å²) in [5, 5.41) is 13.6. The lowest BCUT2D eigenvalue weighted by Crippen LogP contribution is -2.36. The minimum absolute atomic E-state index is 0.0511. The highest BCUT2D eigenvalue weighted by Crippen LogP contribution is 2.26. The summed E-state index contributed by atoms with van der Waals surface area (Å²) in [7, 11) is 1.55. The lowest BCUT2D eigenvalue weighted by Gasteiger charge is -2.19. The fourth-order valence-corrected chi connectivity index (χ4v) is 2.02. The first-order valence-corrected chi connectivity index (χ1v) is 6.50. The third-order valence-electron chi connectivity index (χ3n) is 2.93. The zero-order chi connectivity index (χ0) is 15.3. The summed E-state index contributed by atoms with van der Waals surface area (Å²) in [5.41, 5.74) is -0.439.